The first-order chi connectivity index (χ1) is 7.62. The molecule has 0 aromatic rings. The van der Waals surface area contributed by atoms with Crippen LogP contribution in [0.1, 0.15) is 39.5 Å². The summed E-state index contributed by atoms with van der Waals surface area (Å²) >= 11 is 5.72. The van der Waals surface area contributed by atoms with Gasteiger partial charge in [0.2, 0.25) is 0 Å². The highest BCUT2D eigenvalue weighted by atomic mass is 35.5. The summed E-state index contributed by atoms with van der Waals surface area (Å²) in [5.41, 5.74) is -0.0810. The van der Waals surface area contributed by atoms with Gasteiger partial charge >= 0.3 is 0 Å². The van der Waals surface area contributed by atoms with Crippen LogP contribution in [0.25, 0.3) is 0 Å². The third kappa shape index (κ3) is 3.96. The van der Waals surface area contributed by atoms with Gasteiger partial charge in [-0.15, -0.1) is 11.6 Å². The fraction of sp³-hybridized carbons (Fsp3) is 0.923. The van der Waals surface area contributed by atoms with E-state index in [1.807, 2.05) is 0 Å². The van der Waals surface area contributed by atoms with Crippen molar-refractivity contribution in [1.29, 1.82) is 5.26 Å². The van der Waals surface area contributed by atoms with Crippen molar-refractivity contribution in [2.75, 3.05) is 25.5 Å². The molecule has 2 nitrogen and oxygen atoms in total. The van der Waals surface area contributed by atoms with E-state index in [-0.39, 0.29) is 5.41 Å². The van der Waals surface area contributed by atoms with E-state index < -0.39 is 0 Å². The molecule has 16 heavy (non-hydrogen) atoms. The number of nitriles is 1. The minimum absolute atomic E-state index is 0.0810. The van der Waals surface area contributed by atoms with Crippen molar-refractivity contribution in [3.63, 3.8) is 0 Å². The molecule has 0 aliphatic carbocycles. The third-order valence-electron chi connectivity index (χ3n) is 3.46. The molecular formula is C13H23ClN2. The molecule has 0 radical (unpaired) electrons. The second kappa shape index (κ2) is 6.47. The second-order valence-electron chi connectivity index (χ2n) is 5.38. The molecule has 1 aliphatic heterocycles. The lowest BCUT2D eigenvalue weighted by atomic mass is 9.76. The number of hydrogen-bond donors (Lipinski definition) is 0. The van der Waals surface area contributed by atoms with Crippen LogP contribution in [0.4, 0.5) is 0 Å². The first-order valence-electron chi connectivity index (χ1n) is 6.31. The smallest absolute Gasteiger partial charge is 0.0690 e. The van der Waals surface area contributed by atoms with E-state index in [1.165, 1.54) is 0 Å². The van der Waals surface area contributed by atoms with Crippen molar-refractivity contribution >= 4 is 11.6 Å². The molecule has 0 atom stereocenters. The molecule has 1 aliphatic rings. The summed E-state index contributed by atoms with van der Waals surface area (Å²) in [4.78, 5) is 2.49. The van der Waals surface area contributed by atoms with Crippen molar-refractivity contribution < 1.29 is 0 Å². The van der Waals surface area contributed by atoms with E-state index in [2.05, 4.69) is 24.8 Å². The molecule has 0 bridgehead atoms. The van der Waals surface area contributed by atoms with Crippen LogP contribution in [0.5, 0.6) is 0 Å². The molecule has 3 heteroatoms. The second-order valence-corrected chi connectivity index (χ2v) is 5.76. The Hall–Kier alpha value is -0.260. The Morgan fingerprint density at radius 2 is 2.00 bits per heavy atom. The molecule has 1 saturated heterocycles. The fourth-order valence-corrected chi connectivity index (χ4v) is 2.64. The molecule has 92 valence electrons. The standard InChI is InChI=1S/C13H23ClN2/c1-12(2)10-16-8-5-13(11-15,6-9-16)4-3-7-14/h12H,3-10H2,1-2H3. The van der Waals surface area contributed by atoms with Gasteiger partial charge in [-0.3, -0.25) is 0 Å². The van der Waals surface area contributed by atoms with Crippen LogP contribution in [0.15, 0.2) is 0 Å². The van der Waals surface area contributed by atoms with E-state index in [0.717, 1.165) is 51.2 Å². The normalized spacial score (nSPS) is 20.9. The molecule has 0 aromatic heterocycles. The van der Waals surface area contributed by atoms with Gasteiger partial charge in [-0.25, -0.2) is 0 Å². The van der Waals surface area contributed by atoms with Crippen LogP contribution in [0, 0.1) is 22.7 Å². The molecule has 1 rings (SSSR count). The topological polar surface area (TPSA) is 27.0 Å². The maximum atomic E-state index is 9.32. The predicted molar refractivity (Wildman–Crippen MR) is 68.5 cm³/mol. The fourth-order valence-electron chi connectivity index (χ4n) is 2.50. The van der Waals surface area contributed by atoms with Crippen molar-refractivity contribution in [3.8, 4) is 6.07 Å². The van der Waals surface area contributed by atoms with E-state index in [4.69, 9.17) is 11.6 Å². The van der Waals surface area contributed by atoms with Crippen molar-refractivity contribution in [2.24, 2.45) is 11.3 Å². The monoisotopic (exact) mass is 242 g/mol. The number of rotatable bonds is 5. The van der Waals surface area contributed by atoms with E-state index in [9.17, 15) is 5.26 Å². The zero-order valence-electron chi connectivity index (χ0n) is 10.5. The lowest BCUT2D eigenvalue weighted by Gasteiger charge is -2.38. The number of hydrogen-bond acceptors (Lipinski definition) is 2. The van der Waals surface area contributed by atoms with Crippen LogP contribution in [-0.2, 0) is 0 Å². The Morgan fingerprint density at radius 3 is 2.44 bits per heavy atom. The SMILES string of the molecule is CC(C)CN1CCC(C#N)(CCCCl)CC1. The molecular weight excluding hydrogens is 220 g/mol. The van der Waals surface area contributed by atoms with Crippen LogP contribution >= 0.6 is 11.6 Å². The molecule has 0 unspecified atom stereocenters. The molecule has 1 fully saturated rings. The van der Waals surface area contributed by atoms with Gasteiger partial charge < -0.3 is 4.90 Å². The van der Waals surface area contributed by atoms with E-state index in [0.29, 0.717) is 5.88 Å². The lowest BCUT2D eigenvalue weighted by molar-refractivity contribution is 0.126. The largest absolute Gasteiger partial charge is 0.303 e. The van der Waals surface area contributed by atoms with Crippen molar-refractivity contribution in [3.05, 3.63) is 0 Å². The van der Waals surface area contributed by atoms with Gasteiger partial charge in [-0.2, -0.15) is 5.26 Å². The highest BCUT2D eigenvalue weighted by Crippen LogP contribution is 2.35. The van der Waals surface area contributed by atoms with Gasteiger partial charge in [0.25, 0.3) is 0 Å². The van der Waals surface area contributed by atoms with Gasteiger partial charge in [0.05, 0.1) is 11.5 Å². The number of alkyl halides is 1. The zero-order valence-corrected chi connectivity index (χ0v) is 11.3. The van der Waals surface area contributed by atoms with Gasteiger partial charge in [0.1, 0.15) is 0 Å². The van der Waals surface area contributed by atoms with Crippen LogP contribution < -0.4 is 0 Å². The quantitative estimate of drug-likeness (QED) is 0.692. The average Bonchev–Trinajstić information content (AvgIpc) is 2.28. The van der Waals surface area contributed by atoms with Crippen LogP contribution in [0.2, 0.25) is 0 Å². The Labute approximate surface area is 105 Å². The molecule has 0 spiro atoms. The molecule has 0 saturated carbocycles. The van der Waals surface area contributed by atoms with Gasteiger partial charge in [0, 0.05) is 12.4 Å². The summed E-state index contributed by atoms with van der Waals surface area (Å²) in [5, 5.41) is 9.32. The van der Waals surface area contributed by atoms with E-state index >= 15 is 0 Å². The van der Waals surface area contributed by atoms with Crippen LogP contribution in [0.3, 0.4) is 0 Å². The maximum absolute atomic E-state index is 9.32. The maximum Gasteiger partial charge on any atom is 0.0690 e. The summed E-state index contributed by atoms with van der Waals surface area (Å²) in [6.45, 7) is 7.82. The Kier molecular flexibility index (Phi) is 5.58. The first-order valence-corrected chi connectivity index (χ1v) is 6.85. The highest BCUT2D eigenvalue weighted by molar-refractivity contribution is 6.17. The molecule has 0 amide bonds. The number of likely N-dealkylation sites (tertiary alicyclic amines) is 1. The van der Waals surface area contributed by atoms with Crippen molar-refractivity contribution in [2.45, 2.75) is 39.5 Å². The molecule has 0 N–H and O–H groups in total. The number of nitrogens with zero attached hydrogens (tertiary/aromatic N) is 2. The Bertz CT molecular complexity index is 237. The summed E-state index contributed by atoms with van der Waals surface area (Å²) < 4.78 is 0. The van der Waals surface area contributed by atoms with Crippen molar-refractivity contribution in [1.82, 2.24) is 4.90 Å². The predicted octanol–water partition coefficient (Wildman–Crippen LogP) is 3.27. The Balaban J connectivity index is 2.41. The number of piperidine rings is 1. The highest BCUT2D eigenvalue weighted by Gasteiger charge is 2.33. The third-order valence-corrected chi connectivity index (χ3v) is 3.73. The van der Waals surface area contributed by atoms with Gasteiger partial charge in [0.15, 0.2) is 0 Å². The zero-order chi connectivity index (χ0) is 12.0. The Morgan fingerprint density at radius 1 is 1.38 bits per heavy atom. The minimum atomic E-state index is -0.0810. The summed E-state index contributed by atoms with van der Waals surface area (Å²) in [5.74, 6) is 1.40. The minimum Gasteiger partial charge on any atom is -0.303 e. The average molecular weight is 243 g/mol. The van der Waals surface area contributed by atoms with Crippen LogP contribution in [-0.4, -0.2) is 30.4 Å². The summed E-state index contributed by atoms with van der Waals surface area (Å²) in [7, 11) is 0. The molecule has 0 aromatic carbocycles. The number of halogens is 1. The lowest BCUT2D eigenvalue weighted by Crippen LogP contribution is -2.41. The molecule has 1 heterocycles. The first kappa shape index (κ1) is 13.8. The van der Waals surface area contributed by atoms with E-state index in [1.54, 1.807) is 0 Å². The summed E-state index contributed by atoms with van der Waals surface area (Å²) in [6.07, 6.45) is 3.99. The van der Waals surface area contributed by atoms with Gasteiger partial charge in [-0.05, 0) is 44.7 Å². The van der Waals surface area contributed by atoms with Gasteiger partial charge in [-0.1, -0.05) is 13.8 Å². The summed E-state index contributed by atoms with van der Waals surface area (Å²) in [6, 6.07) is 2.54.